The third-order valence-electron chi connectivity index (χ3n) is 3.90. The topological polar surface area (TPSA) is 46.6 Å². The third-order valence-corrected chi connectivity index (χ3v) is 4.13. The summed E-state index contributed by atoms with van der Waals surface area (Å²) >= 11 is 5.98. The average Bonchev–Trinajstić information content (AvgIpc) is 2.95. The van der Waals surface area contributed by atoms with Gasteiger partial charge in [-0.15, -0.1) is 12.4 Å². The fraction of sp³-hybridized carbons (Fsp3) is 0.500. The summed E-state index contributed by atoms with van der Waals surface area (Å²) in [6.45, 7) is 5.18. The predicted octanol–water partition coefficient (Wildman–Crippen LogP) is 2.58. The van der Waals surface area contributed by atoms with Crippen LogP contribution in [0.3, 0.4) is 0 Å². The summed E-state index contributed by atoms with van der Waals surface area (Å²) in [6, 6.07) is 4.10. The van der Waals surface area contributed by atoms with Crippen LogP contribution in [0.2, 0.25) is 5.02 Å². The first-order valence-electron chi connectivity index (χ1n) is 6.73. The van der Waals surface area contributed by atoms with Crippen LogP contribution in [0.1, 0.15) is 19.0 Å². The molecule has 2 unspecified atom stereocenters. The number of hydrogen-bond donors (Lipinski definition) is 1. The van der Waals surface area contributed by atoms with E-state index < -0.39 is 0 Å². The number of rotatable bonds is 3. The van der Waals surface area contributed by atoms with Gasteiger partial charge in [0.15, 0.2) is 0 Å². The molecule has 4 nitrogen and oxygen atoms in total. The fourth-order valence-electron chi connectivity index (χ4n) is 2.76. The van der Waals surface area contributed by atoms with Crippen LogP contribution in [-0.4, -0.2) is 33.4 Å². The molecule has 1 aliphatic heterocycles. The third kappa shape index (κ3) is 3.26. The monoisotopic (exact) mass is 314 g/mol. The summed E-state index contributed by atoms with van der Waals surface area (Å²) < 4.78 is 1.98. The van der Waals surface area contributed by atoms with Crippen LogP contribution in [-0.2, 0) is 6.54 Å². The molecule has 3 rings (SSSR count). The van der Waals surface area contributed by atoms with Crippen LogP contribution in [0.25, 0.3) is 5.65 Å². The van der Waals surface area contributed by atoms with Gasteiger partial charge in [-0.25, -0.2) is 4.98 Å². The van der Waals surface area contributed by atoms with E-state index in [0.717, 1.165) is 36.0 Å². The smallest absolute Gasteiger partial charge is 0.137 e. The van der Waals surface area contributed by atoms with Crippen LogP contribution in [0.5, 0.6) is 0 Å². The van der Waals surface area contributed by atoms with Gasteiger partial charge < -0.3 is 10.1 Å². The number of imidazole rings is 1. The Bertz CT molecular complexity index is 582. The van der Waals surface area contributed by atoms with E-state index in [0.29, 0.717) is 5.92 Å². The number of pyridine rings is 1. The van der Waals surface area contributed by atoms with E-state index in [2.05, 4.69) is 23.0 Å². The van der Waals surface area contributed by atoms with E-state index in [1.54, 1.807) is 0 Å². The Hall–Kier alpha value is -0.810. The lowest BCUT2D eigenvalue weighted by Gasteiger charge is -2.16. The van der Waals surface area contributed by atoms with Gasteiger partial charge in [0.1, 0.15) is 5.65 Å². The highest BCUT2D eigenvalue weighted by Crippen LogP contribution is 2.21. The highest BCUT2D eigenvalue weighted by Gasteiger charge is 2.25. The molecule has 3 heterocycles. The summed E-state index contributed by atoms with van der Waals surface area (Å²) in [5, 5.41) is 0.731. The van der Waals surface area contributed by atoms with Crippen molar-refractivity contribution in [3.8, 4) is 0 Å². The first-order chi connectivity index (χ1) is 9.11. The maximum Gasteiger partial charge on any atom is 0.137 e. The number of likely N-dealkylation sites (tertiary alicyclic amines) is 1. The molecule has 0 radical (unpaired) electrons. The summed E-state index contributed by atoms with van der Waals surface area (Å²) in [5.41, 5.74) is 8.01. The molecule has 0 aliphatic carbocycles. The largest absolute Gasteiger partial charge is 0.328 e. The fourth-order valence-corrected chi connectivity index (χ4v) is 2.93. The van der Waals surface area contributed by atoms with Crippen molar-refractivity contribution >= 4 is 29.7 Å². The van der Waals surface area contributed by atoms with Gasteiger partial charge in [0.25, 0.3) is 0 Å². The van der Waals surface area contributed by atoms with Crippen LogP contribution in [0.15, 0.2) is 24.5 Å². The van der Waals surface area contributed by atoms with Crippen molar-refractivity contribution < 1.29 is 0 Å². The lowest BCUT2D eigenvalue weighted by Crippen LogP contribution is -2.29. The zero-order valence-corrected chi connectivity index (χ0v) is 13.1. The van der Waals surface area contributed by atoms with Crippen LogP contribution < -0.4 is 5.73 Å². The minimum atomic E-state index is 0. The van der Waals surface area contributed by atoms with Crippen molar-refractivity contribution in [2.45, 2.75) is 25.9 Å². The van der Waals surface area contributed by atoms with Crippen LogP contribution in [0.4, 0.5) is 0 Å². The minimum Gasteiger partial charge on any atom is -0.328 e. The molecule has 0 amide bonds. The molecule has 2 aromatic heterocycles. The highest BCUT2D eigenvalue weighted by atomic mass is 35.5. The van der Waals surface area contributed by atoms with Gasteiger partial charge >= 0.3 is 0 Å². The predicted molar refractivity (Wildman–Crippen MR) is 84.5 cm³/mol. The quantitative estimate of drug-likeness (QED) is 0.947. The second kappa shape index (κ2) is 6.31. The Kier molecular flexibility index (Phi) is 4.91. The van der Waals surface area contributed by atoms with Crippen molar-refractivity contribution in [1.29, 1.82) is 0 Å². The molecule has 2 aromatic rings. The van der Waals surface area contributed by atoms with Crippen molar-refractivity contribution in [1.82, 2.24) is 14.3 Å². The van der Waals surface area contributed by atoms with Gasteiger partial charge in [0, 0.05) is 31.5 Å². The zero-order valence-electron chi connectivity index (χ0n) is 11.5. The number of aromatic nitrogens is 2. The summed E-state index contributed by atoms with van der Waals surface area (Å²) in [4.78, 5) is 7.05. The molecule has 1 fully saturated rings. The van der Waals surface area contributed by atoms with Gasteiger partial charge in [-0.1, -0.05) is 11.6 Å². The van der Waals surface area contributed by atoms with Crippen molar-refractivity contribution in [2.75, 3.05) is 13.1 Å². The highest BCUT2D eigenvalue weighted by molar-refractivity contribution is 6.30. The lowest BCUT2D eigenvalue weighted by molar-refractivity contribution is 0.305. The summed E-state index contributed by atoms with van der Waals surface area (Å²) in [7, 11) is 0. The lowest BCUT2D eigenvalue weighted by atomic mass is 10.0. The van der Waals surface area contributed by atoms with E-state index >= 15 is 0 Å². The maximum absolute atomic E-state index is 5.98. The summed E-state index contributed by atoms with van der Waals surface area (Å²) in [5.74, 6) is 0.617. The second-order valence-corrected chi connectivity index (χ2v) is 5.92. The molecule has 0 bridgehead atoms. The molecule has 2 atom stereocenters. The number of halogens is 2. The normalized spacial score (nSPS) is 21.1. The Labute approximate surface area is 130 Å². The van der Waals surface area contributed by atoms with Gasteiger partial charge in [0.05, 0.1) is 10.7 Å². The van der Waals surface area contributed by atoms with Crippen LogP contribution >= 0.6 is 24.0 Å². The zero-order chi connectivity index (χ0) is 13.4. The first-order valence-corrected chi connectivity index (χ1v) is 7.10. The molecule has 6 heteroatoms. The Morgan fingerprint density at radius 2 is 2.25 bits per heavy atom. The van der Waals surface area contributed by atoms with E-state index in [9.17, 15) is 0 Å². The molecule has 0 spiro atoms. The SMILES string of the molecule is CC(N)C1CCN(Cc2cn3cc(Cl)ccc3n2)C1.Cl. The number of hydrogen-bond acceptors (Lipinski definition) is 3. The van der Waals surface area contributed by atoms with Crippen LogP contribution in [0, 0.1) is 5.92 Å². The maximum atomic E-state index is 5.98. The number of fused-ring (bicyclic) bond motifs is 1. The van der Waals surface area contributed by atoms with E-state index in [4.69, 9.17) is 17.3 Å². The first kappa shape index (κ1) is 15.6. The van der Waals surface area contributed by atoms with E-state index in [1.165, 1.54) is 6.42 Å². The van der Waals surface area contributed by atoms with Crippen molar-refractivity contribution in [2.24, 2.45) is 11.7 Å². The standard InChI is InChI=1S/C14H19ClN4.ClH/c1-10(16)11-4-5-18(6-11)8-13-9-19-7-12(15)2-3-14(19)17-13;/h2-3,7,9-11H,4-6,8,16H2,1H3;1H. The molecule has 110 valence electrons. The molecule has 1 saturated heterocycles. The van der Waals surface area contributed by atoms with E-state index in [1.807, 2.05) is 22.7 Å². The number of nitrogens with two attached hydrogens (primary N) is 1. The molecule has 1 aliphatic rings. The average molecular weight is 315 g/mol. The second-order valence-electron chi connectivity index (χ2n) is 5.49. The molecular formula is C14H20Cl2N4. The van der Waals surface area contributed by atoms with Gasteiger partial charge in [-0.2, -0.15) is 0 Å². The molecule has 0 aromatic carbocycles. The molecular weight excluding hydrogens is 295 g/mol. The van der Waals surface area contributed by atoms with Crippen molar-refractivity contribution in [3.05, 3.63) is 35.2 Å². The minimum absolute atomic E-state index is 0. The molecule has 20 heavy (non-hydrogen) atoms. The molecule has 0 saturated carbocycles. The van der Waals surface area contributed by atoms with Gasteiger partial charge in [-0.3, -0.25) is 4.90 Å². The van der Waals surface area contributed by atoms with E-state index in [-0.39, 0.29) is 18.4 Å². The Balaban J connectivity index is 0.00000147. The van der Waals surface area contributed by atoms with Crippen molar-refractivity contribution in [3.63, 3.8) is 0 Å². The Morgan fingerprint density at radius 1 is 1.45 bits per heavy atom. The molecule has 2 N–H and O–H groups in total. The van der Waals surface area contributed by atoms with Gasteiger partial charge in [-0.05, 0) is 37.9 Å². The number of nitrogens with zero attached hydrogens (tertiary/aromatic N) is 3. The van der Waals surface area contributed by atoms with Gasteiger partial charge in [0.2, 0.25) is 0 Å². The Morgan fingerprint density at radius 3 is 2.95 bits per heavy atom. The summed E-state index contributed by atoms with van der Waals surface area (Å²) in [6.07, 6.45) is 5.14.